The maximum Gasteiger partial charge on any atom is 0.122 e. The highest BCUT2D eigenvalue weighted by molar-refractivity contribution is 6.42. The molecule has 0 aliphatic carbocycles. The van der Waals surface area contributed by atoms with Gasteiger partial charge >= 0.3 is 0 Å². The zero-order chi connectivity index (χ0) is 14.7. The third-order valence-corrected chi connectivity index (χ3v) is 4.06. The van der Waals surface area contributed by atoms with Crippen molar-refractivity contribution >= 4 is 23.2 Å². The Morgan fingerprint density at radius 3 is 2.60 bits per heavy atom. The number of rotatable bonds is 4. The molecule has 2 aromatic rings. The highest BCUT2D eigenvalue weighted by Gasteiger charge is 2.18. The molecule has 2 rings (SSSR count). The Morgan fingerprint density at radius 1 is 1.20 bits per heavy atom. The Kier molecular flexibility index (Phi) is 4.89. The minimum Gasteiger partial charge on any atom is -0.496 e. The van der Waals surface area contributed by atoms with Crippen LogP contribution in [0.3, 0.4) is 0 Å². The molecule has 0 saturated heterocycles. The van der Waals surface area contributed by atoms with Crippen LogP contribution in [-0.4, -0.2) is 7.11 Å². The summed E-state index contributed by atoms with van der Waals surface area (Å²) in [5.41, 5.74) is 5.62. The zero-order valence-corrected chi connectivity index (χ0v) is 12.8. The summed E-state index contributed by atoms with van der Waals surface area (Å²) < 4.78 is 5.34. The molecule has 0 bridgehead atoms. The van der Waals surface area contributed by atoms with E-state index in [9.17, 15) is 0 Å². The number of hydrogen-bond donors (Lipinski definition) is 2. The Balaban J connectivity index is 2.49. The number of hydrazine groups is 1. The van der Waals surface area contributed by atoms with Gasteiger partial charge in [0, 0.05) is 0 Å². The maximum absolute atomic E-state index is 6.26. The van der Waals surface area contributed by atoms with E-state index in [0.717, 1.165) is 22.4 Å². The molecule has 20 heavy (non-hydrogen) atoms. The maximum atomic E-state index is 6.26. The second-order valence-electron chi connectivity index (χ2n) is 4.47. The van der Waals surface area contributed by atoms with Crippen LogP contribution in [0.2, 0.25) is 10.0 Å². The van der Waals surface area contributed by atoms with Gasteiger partial charge in [-0.05, 0) is 35.7 Å². The molecule has 0 aromatic heterocycles. The van der Waals surface area contributed by atoms with Crippen LogP contribution in [0.4, 0.5) is 0 Å². The molecule has 3 N–H and O–H groups in total. The molecule has 0 fully saturated rings. The molecular weight excluding hydrogens is 295 g/mol. The van der Waals surface area contributed by atoms with Crippen LogP contribution in [0, 0.1) is 6.92 Å². The number of hydrogen-bond acceptors (Lipinski definition) is 3. The van der Waals surface area contributed by atoms with Gasteiger partial charge in [0.1, 0.15) is 5.75 Å². The minimum absolute atomic E-state index is 0.254. The van der Waals surface area contributed by atoms with Crippen molar-refractivity contribution in [2.45, 2.75) is 13.0 Å². The van der Waals surface area contributed by atoms with Gasteiger partial charge in [-0.2, -0.15) is 0 Å². The van der Waals surface area contributed by atoms with Gasteiger partial charge < -0.3 is 4.74 Å². The van der Waals surface area contributed by atoms with Gasteiger partial charge in [0.15, 0.2) is 0 Å². The lowest BCUT2D eigenvalue weighted by Gasteiger charge is -2.20. The van der Waals surface area contributed by atoms with Crippen molar-refractivity contribution < 1.29 is 4.74 Å². The lowest BCUT2D eigenvalue weighted by molar-refractivity contribution is 0.410. The SMILES string of the molecule is COc1cc(C(NN)c2cccc(Cl)c2Cl)ccc1C. The van der Waals surface area contributed by atoms with Crippen LogP contribution in [0.15, 0.2) is 36.4 Å². The van der Waals surface area contributed by atoms with Gasteiger partial charge in [0.2, 0.25) is 0 Å². The Bertz CT molecular complexity index is 617. The molecule has 0 heterocycles. The van der Waals surface area contributed by atoms with Crippen LogP contribution < -0.4 is 16.0 Å². The molecule has 0 aliphatic rings. The number of halogens is 2. The Labute approximate surface area is 128 Å². The lowest BCUT2D eigenvalue weighted by Crippen LogP contribution is -2.29. The number of ether oxygens (including phenoxy) is 1. The van der Waals surface area contributed by atoms with Crippen molar-refractivity contribution in [3.8, 4) is 5.75 Å². The Hall–Kier alpha value is -1.26. The van der Waals surface area contributed by atoms with Gasteiger partial charge in [0.05, 0.1) is 23.2 Å². The minimum atomic E-state index is -0.254. The molecule has 3 nitrogen and oxygen atoms in total. The average molecular weight is 311 g/mol. The molecule has 0 amide bonds. The van der Waals surface area contributed by atoms with Crippen molar-refractivity contribution in [1.29, 1.82) is 0 Å². The first-order chi connectivity index (χ1) is 9.58. The molecule has 106 valence electrons. The molecule has 1 atom stereocenters. The molecule has 0 saturated carbocycles. The van der Waals surface area contributed by atoms with E-state index >= 15 is 0 Å². The fourth-order valence-electron chi connectivity index (χ4n) is 2.13. The highest BCUT2D eigenvalue weighted by atomic mass is 35.5. The molecule has 5 heteroatoms. The van der Waals surface area contributed by atoms with E-state index in [1.165, 1.54) is 0 Å². The van der Waals surface area contributed by atoms with E-state index in [1.54, 1.807) is 13.2 Å². The molecule has 0 aliphatic heterocycles. The van der Waals surface area contributed by atoms with Crippen LogP contribution in [0.25, 0.3) is 0 Å². The monoisotopic (exact) mass is 310 g/mol. The van der Waals surface area contributed by atoms with Crippen molar-refractivity contribution in [2.24, 2.45) is 5.84 Å². The summed E-state index contributed by atoms with van der Waals surface area (Å²) in [6.07, 6.45) is 0. The summed E-state index contributed by atoms with van der Waals surface area (Å²) in [4.78, 5) is 0. The predicted molar refractivity (Wildman–Crippen MR) is 83.4 cm³/mol. The summed E-state index contributed by atoms with van der Waals surface area (Å²) in [5, 5.41) is 1.00. The average Bonchev–Trinajstić information content (AvgIpc) is 2.45. The first-order valence-electron chi connectivity index (χ1n) is 6.13. The number of nitrogens with two attached hydrogens (primary N) is 1. The first kappa shape index (κ1) is 15.1. The Morgan fingerprint density at radius 2 is 1.95 bits per heavy atom. The fraction of sp³-hybridized carbons (Fsp3) is 0.200. The van der Waals surface area contributed by atoms with Crippen LogP contribution in [0.5, 0.6) is 5.75 Å². The lowest BCUT2D eigenvalue weighted by atomic mass is 9.98. The highest BCUT2D eigenvalue weighted by Crippen LogP contribution is 2.34. The molecule has 0 radical (unpaired) electrons. The van der Waals surface area contributed by atoms with Crippen molar-refractivity contribution in [3.05, 3.63) is 63.1 Å². The molecule has 1 unspecified atom stereocenters. The summed E-state index contributed by atoms with van der Waals surface area (Å²) in [7, 11) is 1.64. The van der Waals surface area contributed by atoms with Gasteiger partial charge in [-0.3, -0.25) is 5.84 Å². The van der Waals surface area contributed by atoms with E-state index in [0.29, 0.717) is 10.0 Å². The zero-order valence-electron chi connectivity index (χ0n) is 11.3. The number of methoxy groups -OCH3 is 1. The van der Waals surface area contributed by atoms with E-state index in [4.69, 9.17) is 33.8 Å². The van der Waals surface area contributed by atoms with Crippen molar-refractivity contribution in [3.63, 3.8) is 0 Å². The van der Waals surface area contributed by atoms with E-state index in [1.807, 2.05) is 37.3 Å². The summed E-state index contributed by atoms with van der Waals surface area (Å²) in [5.74, 6) is 6.50. The third kappa shape index (κ3) is 2.91. The quantitative estimate of drug-likeness (QED) is 0.666. The van der Waals surface area contributed by atoms with Crippen LogP contribution >= 0.6 is 23.2 Å². The predicted octanol–water partition coefficient (Wildman–Crippen LogP) is 3.86. The topological polar surface area (TPSA) is 47.3 Å². The standard InChI is InChI=1S/C15H16Cl2N2O/c1-9-6-7-10(8-13(9)20-2)15(19-18)11-4-3-5-12(16)14(11)17/h3-8,15,19H,18H2,1-2H3. The van der Waals surface area contributed by atoms with E-state index in [-0.39, 0.29) is 6.04 Å². The van der Waals surface area contributed by atoms with E-state index < -0.39 is 0 Å². The van der Waals surface area contributed by atoms with Gasteiger partial charge in [-0.15, -0.1) is 0 Å². The second kappa shape index (κ2) is 6.46. The van der Waals surface area contributed by atoms with Crippen LogP contribution in [0.1, 0.15) is 22.7 Å². The first-order valence-corrected chi connectivity index (χ1v) is 6.88. The largest absolute Gasteiger partial charge is 0.496 e. The summed E-state index contributed by atoms with van der Waals surface area (Å²) >= 11 is 12.3. The smallest absolute Gasteiger partial charge is 0.122 e. The fourth-order valence-corrected chi connectivity index (χ4v) is 2.54. The third-order valence-electron chi connectivity index (χ3n) is 3.22. The number of aryl methyl sites for hydroxylation is 1. The summed E-state index contributed by atoms with van der Waals surface area (Å²) in [6, 6.07) is 11.1. The molecule has 0 spiro atoms. The molecular formula is C15H16Cl2N2O. The normalized spacial score (nSPS) is 12.2. The second-order valence-corrected chi connectivity index (χ2v) is 5.26. The van der Waals surface area contributed by atoms with Gasteiger partial charge in [-0.1, -0.05) is 47.5 Å². The van der Waals surface area contributed by atoms with Crippen LogP contribution in [-0.2, 0) is 0 Å². The van der Waals surface area contributed by atoms with Gasteiger partial charge in [0.25, 0.3) is 0 Å². The van der Waals surface area contributed by atoms with Gasteiger partial charge in [-0.25, -0.2) is 5.43 Å². The van der Waals surface area contributed by atoms with Crippen molar-refractivity contribution in [1.82, 2.24) is 5.43 Å². The summed E-state index contributed by atoms with van der Waals surface area (Å²) in [6.45, 7) is 1.99. The number of nitrogens with one attached hydrogen (secondary N) is 1. The number of benzene rings is 2. The molecule has 2 aromatic carbocycles. The van der Waals surface area contributed by atoms with E-state index in [2.05, 4.69) is 5.43 Å². The van der Waals surface area contributed by atoms with Crippen molar-refractivity contribution in [2.75, 3.05) is 7.11 Å².